The quantitative estimate of drug-likeness (QED) is 0.581. The van der Waals surface area contributed by atoms with Gasteiger partial charge >= 0.3 is 0 Å². The van der Waals surface area contributed by atoms with Crippen molar-refractivity contribution in [1.82, 2.24) is 0 Å². The zero-order valence-electron chi connectivity index (χ0n) is 7.37. The van der Waals surface area contributed by atoms with Gasteiger partial charge in [0, 0.05) is 7.11 Å². The molecule has 0 saturated heterocycles. The Kier molecular flexibility index (Phi) is 2.35. The molecule has 0 bridgehead atoms. The number of ether oxygens (including phenoxy) is 1. The van der Waals surface area contributed by atoms with Crippen LogP contribution >= 0.6 is 0 Å². The highest BCUT2D eigenvalue weighted by Crippen LogP contribution is 2.33. The van der Waals surface area contributed by atoms with Crippen molar-refractivity contribution < 1.29 is 9.84 Å². The van der Waals surface area contributed by atoms with E-state index >= 15 is 0 Å². The van der Waals surface area contributed by atoms with Crippen LogP contribution in [0.15, 0.2) is 12.2 Å². The fourth-order valence-electron chi connectivity index (χ4n) is 1.61. The Morgan fingerprint density at radius 1 is 1.45 bits per heavy atom. The summed E-state index contributed by atoms with van der Waals surface area (Å²) >= 11 is 0. The highest BCUT2D eigenvalue weighted by Gasteiger charge is 2.32. The van der Waals surface area contributed by atoms with Gasteiger partial charge in [0.1, 0.15) is 0 Å². The molecule has 1 aliphatic rings. The Morgan fingerprint density at radius 2 is 2.09 bits per heavy atom. The number of aliphatic hydroxyl groups is 1. The maximum atomic E-state index is 9.32. The molecule has 64 valence electrons. The molecule has 0 amide bonds. The van der Waals surface area contributed by atoms with Gasteiger partial charge in [-0.25, -0.2) is 0 Å². The molecule has 2 nitrogen and oxygen atoms in total. The SMILES string of the molecule is CO[C@H]1C=C[C@H](O)CC1(C)C. The van der Waals surface area contributed by atoms with Crippen LogP contribution in [0.3, 0.4) is 0 Å². The van der Waals surface area contributed by atoms with Gasteiger partial charge in [-0.2, -0.15) is 0 Å². The Hall–Kier alpha value is -0.340. The van der Waals surface area contributed by atoms with Crippen LogP contribution in [0.1, 0.15) is 20.3 Å². The smallest absolute Gasteiger partial charge is 0.0804 e. The number of hydrogen-bond acceptors (Lipinski definition) is 2. The minimum atomic E-state index is -0.295. The molecule has 2 heteroatoms. The van der Waals surface area contributed by atoms with E-state index in [2.05, 4.69) is 13.8 Å². The molecular weight excluding hydrogens is 140 g/mol. The molecule has 1 rings (SSSR count). The molecule has 0 radical (unpaired) electrons. The predicted molar refractivity (Wildman–Crippen MR) is 44.3 cm³/mol. The largest absolute Gasteiger partial charge is 0.389 e. The summed E-state index contributed by atoms with van der Waals surface area (Å²) in [6.45, 7) is 4.21. The number of rotatable bonds is 1. The fraction of sp³-hybridized carbons (Fsp3) is 0.778. The van der Waals surface area contributed by atoms with Crippen molar-refractivity contribution in [3.8, 4) is 0 Å². The van der Waals surface area contributed by atoms with Crippen LogP contribution in [-0.4, -0.2) is 24.4 Å². The normalized spacial score (nSPS) is 35.6. The van der Waals surface area contributed by atoms with E-state index < -0.39 is 0 Å². The lowest BCUT2D eigenvalue weighted by molar-refractivity contribution is 0.00553. The third kappa shape index (κ3) is 1.82. The zero-order chi connectivity index (χ0) is 8.48. The molecule has 0 aromatic carbocycles. The van der Waals surface area contributed by atoms with Gasteiger partial charge in [0.25, 0.3) is 0 Å². The number of aliphatic hydroxyl groups excluding tert-OH is 1. The molecule has 1 aliphatic carbocycles. The summed E-state index contributed by atoms with van der Waals surface area (Å²) in [7, 11) is 1.70. The van der Waals surface area contributed by atoms with E-state index in [9.17, 15) is 5.11 Å². The van der Waals surface area contributed by atoms with Crippen molar-refractivity contribution >= 4 is 0 Å². The molecule has 0 spiro atoms. The monoisotopic (exact) mass is 156 g/mol. The van der Waals surface area contributed by atoms with Crippen molar-refractivity contribution in [1.29, 1.82) is 0 Å². The van der Waals surface area contributed by atoms with Gasteiger partial charge in [0.15, 0.2) is 0 Å². The molecule has 0 aromatic heterocycles. The fourth-order valence-corrected chi connectivity index (χ4v) is 1.61. The van der Waals surface area contributed by atoms with E-state index in [0.29, 0.717) is 0 Å². The maximum Gasteiger partial charge on any atom is 0.0804 e. The van der Waals surface area contributed by atoms with Gasteiger partial charge in [-0.05, 0) is 11.8 Å². The Bertz CT molecular complexity index is 161. The zero-order valence-corrected chi connectivity index (χ0v) is 7.37. The van der Waals surface area contributed by atoms with Crippen LogP contribution in [0.2, 0.25) is 0 Å². The first-order chi connectivity index (χ1) is 5.06. The molecule has 11 heavy (non-hydrogen) atoms. The van der Waals surface area contributed by atoms with Gasteiger partial charge < -0.3 is 9.84 Å². The summed E-state index contributed by atoms with van der Waals surface area (Å²) in [6, 6.07) is 0. The molecular formula is C9H16O2. The minimum Gasteiger partial charge on any atom is -0.389 e. The van der Waals surface area contributed by atoms with E-state index in [4.69, 9.17) is 4.74 Å². The third-order valence-electron chi connectivity index (χ3n) is 2.27. The Labute approximate surface area is 67.9 Å². The summed E-state index contributed by atoms with van der Waals surface area (Å²) in [6.07, 6.45) is 4.37. The van der Waals surface area contributed by atoms with E-state index in [0.717, 1.165) is 6.42 Å². The number of hydrogen-bond donors (Lipinski definition) is 1. The molecule has 0 aliphatic heterocycles. The second-order valence-electron chi connectivity index (χ2n) is 3.80. The van der Waals surface area contributed by atoms with Crippen LogP contribution in [-0.2, 0) is 4.74 Å². The lowest BCUT2D eigenvalue weighted by Crippen LogP contribution is -2.36. The van der Waals surface area contributed by atoms with Crippen LogP contribution in [0.4, 0.5) is 0 Å². The predicted octanol–water partition coefficient (Wildman–Crippen LogP) is 1.35. The molecule has 0 unspecified atom stereocenters. The van der Waals surface area contributed by atoms with Gasteiger partial charge in [0.05, 0.1) is 12.2 Å². The van der Waals surface area contributed by atoms with Crippen molar-refractivity contribution in [2.45, 2.75) is 32.5 Å². The summed E-state index contributed by atoms with van der Waals surface area (Å²) < 4.78 is 5.26. The molecule has 0 aromatic rings. The van der Waals surface area contributed by atoms with Gasteiger partial charge in [-0.3, -0.25) is 0 Å². The standard InChI is InChI=1S/C9H16O2/c1-9(2)6-7(10)4-5-8(9)11-3/h4-5,7-8,10H,6H2,1-3H3/t7-,8-/m0/s1. The summed E-state index contributed by atoms with van der Waals surface area (Å²) in [5.41, 5.74) is 0.0584. The van der Waals surface area contributed by atoms with Crippen molar-refractivity contribution in [3.63, 3.8) is 0 Å². The molecule has 0 heterocycles. The summed E-state index contributed by atoms with van der Waals surface area (Å²) in [5.74, 6) is 0. The lowest BCUT2D eigenvalue weighted by atomic mass is 9.77. The Balaban J connectivity index is 2.72. The highest BCUT2D eigenvalue weighted by molar-refractivity contribution is 5.06. The van der Waals surface area contributed by atoms with E-state index in [1.807, 2.05) is 6.08 Å². The van der Waals surface area contributed by atoms with Gasteiger partial charge in [-0.15, -0.1) is 0 Å². The first-order valence-corrected chi connectivity index (χ1v) is 3.95. The maximum absolute atomic E-state index is 9.32. The second kappa shape index (κ2) is 2.95. The first-order valence-electron chi connectivity index (χ1n) is 3.95. The lowest BCUT2D eigenvalue weighted by Gasteiger charge is -2.35. The molecule has 1 N–H and O–H groups in total. The average Bonchev–Trinajstić information content (AvgIpc) is 1.85. The third-order valence-corrected chi connectivity index (χ3v) is 2.27. The van der Waals surface area contributed by atoms with Crippen LogP contribution in [0.5, 0.6) is 0 Å². The summed E-state index contributed by atoms with van der Waals surface area (Å²) in [4.78, 5) is 0. The highest BCUT2D eigenvalue weighted by atomic mass is 16.5. The topological polar surface area (TPSA) is 29.5 Å². The second-order valence-corrected chi connectivity index (χ2v) is 3.80. The van der Waals surface area contributed by atoms with E-state index in [1.165, 1.54) is 0 Å². The van der Waals surface area contributed by atoms with Crippen molar-refractivity contribution in [3.05, 3.63) is 12.2 Å². The van der Waals surface area contributed by atoms with Crippen LogP contribution in [0, 0.1) is 5.41 Å². The van der Waals surface area contributed by atoms with Gasteiger partial charge in [0.2, 0.25) is 0 Å². The van der Waals surface area contributed by atoms with Crippen molar-refractivity contribution in [2.75, 3.05) is 7.11 Å². The van der Waals surface area contributed by atoms with Crippen LogP contribution in [0.25, 0.3) is 0 Å². The van der Waals surface area contributed by atoms with Crippen molar-refractivity contribution in [2.24, 2.45) is 5.41 Å². The molecule has 0 fully saturated rings. The first kappa shape index (κ1) is 8.75. The molecule has 0 saturated carbocycles. The minimum absolute atomic E-state index is 0.0584. The number of methoxy groups -OCH3 is 1. The van der Waals surface area contributed by atoms with E-state index in [-0.39, 0.29) is 17.6 Å². The average molecular weight is 156 g/mol. The van der Waals surface area contributed by atoms with Crippen LogP contribution < -0.4 is 0 Å². The molecule has 2 atom stereocenters. The summed E-state index contributed by atoms with van der Waals surface area (Å²) in [5, 5.41) is 9.32. The Morgan fingerprint density at radius 3 is 2.55 bits per heavy atom. The van der Waals surface area contributed by atoms with Gasteiger partial charge in [-0.1, -0.05) is 26.0 Å². The van der Waals surface area contributed by atoms with E-state index in [1.54, 1.807) is 13.2 Å².